The van der Waals surface area contributed by atoms with Crippen molar-refractivity contribution in [2.75, 3.05) is 13.2 Å². The van der Waals surface area contributed by atoms with Crippen LogP contribution in [0.4, 0.5) is 0 Å². The van der Waals surface area contributed by atoms with Crippen LogP contribution in [0.3, 0.4) is 0 Å². The van der Waals surface area contributed by atoms with E-state index in [0.29, 0.717) is 0 Å². The lowest BCUT2D eigenvalue weighted by Gasteiger charge is -2.08. The van der Waals surface area contributed by atoms with Crippen LogP contribution in [0.1, 0.15) is 30.9 Å². The highest BCUT2D eigenvalue weighted by Crippen LogP contribution is 2.15. The van der Waals surface area contributed by atoms with Crippen LogP contribution < -0.4 is 10.1 Å². The lowest BCUT2D eigenvalue weighted by Crippen LogP contribution is -2.29. The molecule has 0 aliphatic rings. The molecular weight excluding hydrogens is 214 g/mol. The van der Waals surface area contributed by atoms with Gasteiger partial charge in [0.2, 0.25) is 0 Å². The largest absolute Gasteiger partial charge is 0.484 e. The molecule has 0 radical (unpaired) electrons. The number of hydrogen-bond acceptors (Lipinski definition) is 2. The van der Waals surface area contributed by atoms with Gasteiger partial charge in [-0.25, -0.2) is 0 Å². The van der Waals surface area contributed by atoms with Crippen LogP contribution in [0.5, 0.6) is 5.75 Å². The van der Waals surface area contributed by atoms with E-state index in [1.807, 2.05) is 26.0 Å². The maximum absolute atomic E-state index is 11.4. The van der Waals surface area contributed by atoms with Gasteiger partial charge in [0.05, 0.1) is 0 Å². The summed E-state index contributed by atoms with van der Waals surface area (Å²) in [4.78, 5) is 11.4. The number of benzene rings is 1. The van der Waals surface area contributed by atoms with E-state index in [0.717, 1.165) is 36.3 Å². The van der Waals surface area contributed by atoms with Crippen LogP contribution in [0, 0.1) is 13.8 Å². The highest BCUT2D eigenvalue weighted by Gasteiger charge is 2.02. The number of carbonyl (C=O) groups is 1. The number of amides is 1. The van der Waals surface area contributed by atoms with Crippen molar-refractivity contribution in [2.45, 2.75) is 33.6 Å². The molecular formula is C14H21NO2. The molecule has 1 aromatic carbocycles. The fourth-order valence-corrected chi connectivity index (χ4v) is 1.62. The van der Waals surface area contributed by atoms with Crippen molar-refractivity contribution in [3.8, 4) is 5.75 Å². The topological polar surface area (TPSA) is 38.3 Å². The minimum Gasteiger partial charge on any atom is -0.484 e. The molecule has 94 valence electrons. The highest BCUT2D eigenvalue weighted by atomic mass is 16.5. The normalized spacial score (nSPS) is 10.1. The number of nitrogens with one attached hydrogen (secondary N) is 1. The summed E-state index contributed by atoms with van der Waals surface area (Å²) in [5.41, 5.74) is 2.29. The van der Waals surface area contributed by atoms with Crippen LogP contribution in [0.15, 0.2) is 18.2 Å². The molecule has 0 saturated carbocycles. The summed E-state index contributed by atoms with van der Waals surface area (Å²) in [6, 6.07) is 5.95. The van der Waals surface area contributed by atoms with Crippen molar-refractivity contribution in [3.63, 3.8) is 0 Å². The predicted octanol–water partition coefficient (Wildman–Crippen LogP) is 2.60. The summed E-state index contributed by atoms with van der Waals surface area (Å²) in [5.74, 6) is 0.700. The zero-order valence-electron chi connectivity index (χ0n) is 10.9. The molecule has 0 heterocycles. The molecule has 0 aliphatic heterocycles. The predicted molar refractivity (Wildman–Crippen MR) is 69.3 cm³/mol. The van der Waals surface area contributed by atoms with Crippen molar-refractivity contribution in [1.29, 1.82) is 0 Å². The summed E-state index contributed by atoms with van der Waals surface area (Å²) in [7, 11) is 0. The second-order valence-electron chi connectivity index (χ2n) is 4.32. The van der Waals surface area contributed by atoms with E-state index in [-0.39, 0.29) is 12.5 Å². The van der Waals surface area contributed by atoms with E-state index in [4.69, 9.17) is 4.74 Å². The molecule has 0 fully saturated rings. The molecule has 1 aromatic rings. The van der Waals surface area contributed by atoms with E-state index in [2.05, 4.69) is 18.3 Å². The van der Waals surface area contributed by atoms with Crippen molar-refractivity contribution in [3.05, 3.63) is 29.3 Å². The van der Waals surface area contributed by atoms with E-state index >= 15 is 0 Å². The number of rotatable bonds is 6. The van der Waals surface area contributed by atoms with Gasteiger partial charge in [0.25, 0.3) is 5.91 Å². The number of carbonyl (C=O) groups excluding carboxylic acids is 1. The molecule has 0 aliphatic carbocycles. The smallest absolute Gasteiger partial charge is 0.257 e. The molecule has 0 atom stereocenters. The van der Waals surface area contributed by atoms with Crippen LogP contribution in [0.25, 0.3) is 0 Å². The van der Waals surface area contributed by atoms with Gasteiger partial charge in [-0.2, -0.15) is 0 Å². The van der Waals surface area contributed by atoms with Gasteiger partial charge in [-0.3, -0.25) is 4.79 Å². The average Bonchev–Trinajstić information content (AvgIpc) is 2.25. The quantitative estimate of drug-likeness (QED) is 0.770. The van der Waals surface area contributed by atoms with Crippen LogP contribution >= 0.6 is 0 Å². The Balaban J connectivity index is 2.36. The highest BCUT2D eigenvalue weighted by molar-refractivity contribution is 5.77. The van der Waals surface area contributed by atoms with E-state index < -0.39 is 0 Å². The average molecular weight is 235 g/mol. The van der Waals surface area contributed by atoms with Crippen molar-refractivity contribution in [2.24, 2.45) is 0 Å². The number of hydrogen-bond donors (Lipinski definition) is 1. The first-order valence-corrected chi connectivity index (χ1v) is 6.09. The maximum atomic E-state index is 11.4. The van der Waals surface area contributed by atoms with Crippen LogP contribution in [-0.2, 0) is 4.79 Å². The van der Waals surface area contributed by atoms with Crippen LogP contribution in [-0.4, -0.2) is 19.1 Å². The maximum Gasteiger partial charge on any atom is 0.257 e. The van der Waals surface area contributed by atoms with Crippen molar-refractivity contribution in [1.82, 2.24) is 5.32 Å². The van der Waals surface area contributed by atoms with Gasteiger partial charge in [-0.05, 0) is 43.5 Å². The van der Waals surface area contributed by atoms with E-state index in [1.165, 1.54) is 0 Å². The van der Waals surface area contributed by atoms with Gasteiger partial charge >= 0.3 is 0 Å². The van der Waals surface area contributed by atoms with Gasteiger partial charge in [0, 0.05) is 6.54 Å². The molecule has 1 N–H and O–H groups in total. The van der Waals surface area contributed by atoms with Crippen LogP contribution in [0.2, 0.25) is 0 Å². The molecule has 0 bridgehead atoms. The van der Waals surface area contributed by atoms with Crippen molar-refractivity contribution >= 4 is 5.91 Å². The van der Waals surface area contributed by atoms with E-state index in [1.54, 1.807) is 0 Å². The first kappa shape index (κ1) is 13.6. The Kier molecular flexibility index (Phi) is 5.53. The third kappa shape index (κ3) is 5.38. The Bertz CT molecular complexity index is 354. The molecule has 17 heavy (non-hydrogen) atoms. The van der Waals surface area contributed by atoms with Gasteiger partial charge in [-0.1, -0.05) is 19.4 Å². The summed E-state index contributed by atoms with van der Waals surface area (Å²) < 4.78 is 5.45. The molecule has 1 amide bonds. The molecule has 3 heteroatoms. The second-order valence-corrected chi connectivity index (χ2v) is 4.32. The first-order chi connectivity index (χ1) is 8.11. The minimum absolute atomic E-state index is 0.0578. The summed E-state index contributed by atoms with van der Waals surface area (Å²) in [5, 5.41) is 2.82. The SMILES string of the molecule is CCCCNC(=O)COc1cc(C)cc(C)c1. The summed E-state index contributed by atoms with van der Waals surface area (Å²) in [6.07, 6.45) is 2.09. The Labute approximate surface area is 103 Å². The first-order valence-electron chi connectivity index (χ1n) is 6.09. The lowest BCUT2D eigenvalue weighted by atomic mass is 10.1. The molecule has 0 spiro atoms. The standard InChI is InChI=1S/C14H21NO2/c1-4-5-6-15-14(16)10-17-13-8-11(2)7-12(3)9-13/h7-9H,4-6,10H2,1-3H3,(H,15,16). The third-order valence-electron chi connectivity index (χ3n) is 2.42. The lowest BCUT2D eigenvalue weighted by molar-refractivity contribution is -0.123. The second kappa shape index (κ2) is 6.94. The van der Waals surface area contributed by atoms with Gasteiger partial charge in [-0.15, -0.1) is 0 Å². The zero-order chi connectivity index (χ0) is 12.7. The molecule has 3 nitrogen and oxygen atoms in total. The number of aryl methyl sites for hydroxylation is 2. The Morgan fingerprint density at radius 3 is 2.47 bits per heavy atom. The molecule has 0 saturated heterocycles. The molecule has 0 aromatic heterocycles. The fraction of sp³-hybridized carbons (Fsp3) is 0.500. The number of unbranched alkanes of at least 4 members (excludes halogenated alkanes) is 1. The molecule has 0 unspecified atom stereocenters. The Morgan fingerprint density at radius 2 is 1.88 bits per heavy atom. The minimum atomic E-state index is -0.0578. The van der Waals surface area contributed by atoms with E-state index in [9.17, 15) is 4.79 Å². The van der Waals surface area contributed by atoms with Gasteiger partial charge < -0.3 is 10.1 Å². The van der Waals surface area contributed by atoms with Gasteiger partial charge in [0.15, 0.2) is 6.61 Å². The molecule has 1 rings (SSSR count). The third-order valence-corrected chi connectivity index (χ3v) is 2.42. The number of ether oxygens (including phenoxy) is 1. The Morgan fingerprint density at radius 1 is 1.24 bits per heavy atom. The summed E-state index contributed by atoms with van der Waals surface area (Å²) >= 11 is 0. The van der Waals surface area contributed by atoms with Gasteiger partial charge in [0.1, 0.15) is 5.75 Å². The zero-order valence-corrected chi connectivity index (χ0v) is 10.9. The monoisotopic (exact) mass is 235 g/mol. The van der Waals surface area contributed by atoms with Crippen molar-refractivity contribution < 1.29 is 9.53 Å². The Hall–Kier alpha value is -1.51. The summed E-state index contributed by atoms with van der Waals surface area (Å²) in [6.45, 7) is 6.94. The fourth-order valence-electron chi connectivity index (χ4n) is 1.62.